The highest BCUT2D eigenvalue weighted by Gasteiger charge is 2.42. The lowest BCUT2D eigenvalue weighted by atomic mass is 9.66. The molecule has 1 unspecified atom stereocenters. The summed E-state index contributed by atoms with van der Waals surface area (Å²) in [5, 5.41) is 4.39. The molecule has 0 saturated heterocycles. The van der Waals surface area contributed by atoms with Crippen molar-refractivity contribution in [1.29, 1.82) is 0 Å². The first-order chi connectivity index (χ1) is 10.5. The molecule has 2 aromatic rings. The Labute approximate surface area is 131 Å². The predicted molar refractivity (Wildman–Crippen MR) is 86.6 cm³/mol. The molecule has 4 nitrogen and oxygen atoms in total. The lowest BCUT2D eigenvalue weighted by molar-refractivity contribution is -0.124. The molecule has 2 N–H and O–H groups in total. The number of nitrogens with zero attached hydrogens (tertiary/aromatic N) is 2. The van der Waals surface area contributed by atoms with Crippen molar-refractivity contribution in [3.05, 3.63) is 53.3 Å². The molecule has 0 saturated carbocycles. The smallest absolute Gasteiger partial charge is 0.228 e. The molecule has 1 aliphatic carbocycles. The molecule has 0 aliphatic heterocycles. The third-order valence-corrected chi connectivity index (χ3v) is 4.74. The summed E-state index contributed by atoms with van der Waals surface area (Å²) in [6.45, 7) is 4.19. The van der Waals surface area contributed by atoms with Gasteiger partial charge in [-0.2, -0.15) is 5.10 Å². The molecule has 1 aromatic heterocycles. The predicted octanol–water partition coefficient (Wildman–Crippen LogP) is 2.77. The second-order valence-electron chi connectivity index (χ2n) is 6.56. The lowest BCUT2D eigenvalue weighted by Crippen LogP contribution is -2.45. The van der Waals surface area contributed by atoms with Crippen molar-refractivity contribution in [1.82, 2.24) is 9.78 Å². The van der Waals surface area contributed by atoms with Gasteiger partial charge in [-0.3, -0.25) is 9.48 Å². The Balaban J connectivity index is 2.01. The van der Waals surface area contributed by atoms with Gasteiger partial charge in [0.1, 0.15) is 0 Å². The Morgan fingerprint density at radius 1 is 1.41 bits per heavy atom. The van der Waals surface area contributed by atoms with Crippen LogP contribution in [0.1, 0.15) is 49.4 Å². The van der Waals surface area contributed by atoms with Crippen molar-refractivity contribution >= 4 is 5.91 Å². The van der Waals surface area contributed by atoms with Crippen LogP contribution in [0.4, 0.5) is 0 Å². The minimum atomic E-state index is -0.598. The van der Waals surface area contributed by atoms with Crippen LogP contribution in [0.2, 0.25) is 0 Å². The Hall–Kier alpha value is -2.10. The zero-order chi connectivity index (χ0) is 15.7. The maximum atomic E-state index is 12.4. The van der Waals surface area contributed by atoms with Crippen LogP contribution in [0.15, 0.2) is 36.7 Å². The zero-order valence-corrected chi connectivity index (χ0v) is 13.2. The van der Waals surface area contributed by atoms with E-state index in [-0.39, 0.29) is 5.91 Å². The van der Waals surface area contributed by atoms with Gasteiger partial charge in [0.15, 0.2) is 0 Å². The van der Waals surface area contributed by atoms with E-state index in [9.17, 15) is 4.79 Å². The Morgan fingerprint density at radius 3 is 2.86 bits per heavy atom. The van der Waals surface area contributed by atoms with E-state index < -0.39 is 5.41 Å². The summed E-state index contributed by atoms with van der Waals surface area (Å²) >= 11 is 0. The highest BCUT2D eigenvalue weighted by molar-refractivity contribution is 5.88. The van der Waals surface area contributed by atoms with Gasteiger partial charge in [-0.25, -0.2) is 0 Å². The molecule has 0 spiro atoms. The van der Waals surface area contributed by atoms with Crippen LogP contribution < -0.4 is 5.73 Å². The minimum Gasteiger partial charge on any atom is -0.369 e. The van der Waals surface area contributed by atoms with E-state index in [0.717, 1.165) is 30.4 Å². The summed E-state index contributed by atoms with van der Waals surface area (Å²) in [5.74, 6) is -0.225. The molecule has 116 valence electrons. The number of benzene rings is 1. The van der Waals surface area contributed by atoms with Crippen LogP contribution in [0.25, 0.3) is 0 Å². The number of nitrogens with two attached hydrogens (primary N) is 1. The standard InChI is InChI=1S/C18H23N3O/c1-13(2)21-12-14(11-20-21)10-18(17(19)22)9-5-7-15-6-3-4-8-16(15)18/h3-4,6,8,11-13H,5,7,9-10H2,1-2H3,(H2,19,22). The average Bonchev–Trinajstić information content (AvgIpc) is 2.96. The molecule has 0 bridgehead atoms. The number of fused-ring (bicyclic) bond motifs is 1. The summed E-state index contributed by atoms with van der Waals surface area (Å²) < 4.78 is 1.93. The number of aryl methyl sites for hydroxylation is 1. The highest BCUT2D eigenvalue weighted by atomic mass is 16.1. The van der Waals surface area contributed by atoms with Crippen molar-refractivity contribution in [2.75, 3.05) is 0 Å². The van der Waals surface area contributed by atoms with Crippen molar-refractivity contribution < 1.29 is 4.79 Å². The maximum Gasteiger partial charge on any atom is 0.228 e. The van der Waals surface area contributed by atoms with E-state index in [4.69, 9.17) is 5.73 Å². The Bertz CT molecular complexity index is 689. The largest absolute Gasteiger partial charge is 0.369 e. The van der Waals surface area contributed by atoms with Crippen LogP contribution >= 0.6 is 0 Å². The number of carbonyl (C=O) groups excluding carboxylic acids is 1. The topological polar surface area (TPSA) is 60.9 Å². The summed E-state index contributed by atoms with van der Waals surface area (Å²) in [5.41, 5.74) is 8.70. The number of carbonyl (C=O) groups is 1. The molecular formula is C18H23N3O. The summed E-state index contributed by atoms with van der Waals surface area (Å²) in [6, 6.07) is 8.53. The normalized spacial score (nSPS) is 20.9. The van der Waals surface area contributed by atoms with Crippen molar-refractivity contribution in [3.63, 3.8) is 0 Å². The molecule has 0 radical (unpaired) electrons. The van der Waals surface area contributed by atoms with Crippen molar-refractivity contribution in [3.8, 4) is 0 Å². The number of primary amides is 1. The number of hydrogen-bond acceptors (Lipinski definition) is 2. The van der Waals surface area contributed by atoms with E-state index in [1.807, 2.05) is 29.2 Å². The Kier molecular flexibility index (Phi) is 3.77. The van der Waals surface area contributed by atoms with Gasteiger partial charge in [-0.15, -0.1) is 0 Å². The van der Waals surface area contributed by atoms with Gasteiger partial charge in [0.05, 0.1) is 11.6 Å². The first kappa shape index (κ1) is 14.8. The van der Waals surface area contributed by atoms with Crippen molar-refractivity contribution in [2.45, 2.75) is 51.0 Å². The van der Waals surface area contributed by atoms with E-state index in [0.29, 0.717) is 12.5 Å². The fourth-order valence-corrected chi connectivity index (χ4v) is 3.55. The lowest BCUT2D eigenvalue weighted by Gasteiger charge is -2.36. The van der Waals surface area contributed by atoms with Gasteiger partial charge >= 0.3 is 0 Å². The molecule has 1 aromatic carbocycles. The highest BCUT2D eigenvalue weighted by Crippen LogP contribution is 2.40. The van der Waals surface area contributed by atoms with E-state index in [2.05, 4.69) is 31.1 Å². The second-order valence-corrected chi connectivity index (χ2v) is 6.56. The molecule has 4 heteroatoms. The fraction of sp³-hybridized carbons (Fsp3) is 0.444. The van der Waals surface area contributed by atoms with Gasteiger partial charge in [0, 0.05) is 12.2 Å². The first-order valence-electron chi connectivity index (χ1n) is 7.94. The summed E-state index contributed by atoms with van der Waals surface area (Å²) in [6.07, 6.45) is 7.36. The van der Waals surface area contributed by atoms with Gasteiger partial charge in [-0.1, -0.05) is 24.3 Å². The summed E-state index contributed by atoms with van der Waals surface area (Å²) in [7, 11) is 0. The number of hydrogen-bond donors (Lipinski definition) is 1. The second kappa shape index (κ2) is 5.59. The number of aromatic nitrogens is 2. The molecule has 1 aliphatic rings. The average molecular weight is 297 g/mol. The molecule has 1 amide bonds. The molecule has 0 fully saturated rings. The van der Waals surface area contributed by atoms with Gasteiger partial charge in [0.2, 0.25) is 5.91 Å². The molecule has 1 atom stereocenters. The summed E-state index contributed by atoms with van der Waals surface area (Å²) in [4.78, 5) is 12.4. The van der Waals surface area contributed by atoms with Crippen molar-refractivity contribution in [2.24, 2.45) is 5.73 Å². The molecular weight excluding hydrogens is 274 g/mol. The maximum absolute atomic E-state index is 12.4. The van der Waals surface area contributed by atoms with Gasteiger partial charge in [0.25, 0.3) is 0 Å². The third kappa shape index (κ3) is 2.43. The van der Waals surface area contributed by atoms with Crippen LogP contribution in [0.3, 0.4) is 0 Å². The molecule has 3 rings (SSSR count). The number of rotatable bonds is 4. The molecule has 22 heavy (non-hydrogen) atoms. The van der Waals surface area contributed by atoms with E-state index >= 15 is 0 Å². The van der Waals surface area contributed by atoms with Crippen LogP contribution in [-0.2, 0) is 23.1 Å². The third-order valence-electron chi connectivity index (χ3n) is 4.74. The van der Waals surface area contributed by atoms with Gasteiger partial charge in [-0.05, 0) is 56.2 Å². The first-order valence-corrected chi connectivity index (χ1v) is 7.94. The fourth-order valence-electron chi connectivity index (χ4n) is 3.55. The van der Waals surface area contributed by atoms with Crippen LogP contribution in [0.5, 0.6) is 0 Å². The zero-order valence-electron chi connectivity index (χ0n) is 13.2. The van der Waals surface area contributed by atoms with E-state index in [1.165, 1.54) is 5.56 Å². The van der Waals surface area contributed by atoms with Crippen LogP contribution in [0, 0.1) is 0 Å². The SMILES string of the molecule is CC(C)n1cc(CC2(C(N)=O)CCCc3ccccc32)cn1. The number of amides is 1. The quantitative estimate of drug-likeness (QED) is 0.943. The molecule has 1 heterocycles. The van der Waals surface area contributed by atoms with Crippen LogP contribution in [-0.4, -0.2) is 15.7 Å². The van der Waals surface area contributed by atoms with Gasteiger partial charge < -0.3 is 5.73 Å². The Morgan fingerprint density at radius 2 is 2.18 bits per heavy atom. The monoisotopic (exact) mass is 297 g/mol. The minimum absolute atomic E-state index is 0.225. The van der Waals surface area contributed by atoms with E-state index in [1.54, 1.807) is 0 Å².